The molecular weight excluding hydrogens is 444 g/mol. The van der Waals surface area contributed by atoms with E-state index in [-0.39, 0.29) is 11.8 Å². The first-order chi connectivity index (χ1) is 16.4. The molecular formula is C26H30N6OS. The van der Waals surface area contributed by atoms with E-state index in [1.807, 2.05) is 64.2 Å². The van der Waals surface area contributed by atoms with Gasteiger partial charge in [0.05, 0.1) is 40.4 Å². The second kappa shape index (κ2) is 11.6. The Kier molecular flexibility index (Phi) is 8.54. The molecule has 0 saturated carbocycles. The van der Waals surface area contributed by atoms with Gasteiger partial charge in [-0.05, 0) is 66.7 Å². The van der Waals surface area contributed by atoms with E-state index in [2.05, 4.69) is 43.7 Å². The molecule has 0 fully saturated rings. The zero-order valence-electron chi connectivity index (χ0n) is 20.5. The standard InChI is InChI=1S/C24H24N6OS.C2H6/c1-14(2)22-23(32-30-29-22)18-7-17(21-6-5-15(3)10-27-21)8-19(9-18)24(31)28-13-20-12-25-16(4)11-26-20;1-2/h5-12,14H,13H2,1-4H3,(H,28,31);1-2H3. The molecule has 4 rings (SSSR count). The first-order valence-electron chi connectivity index (χ1n) is 11.4. The Morgan fingerprint density at radius 2 is 1.74 bits per heavy atom. The monoisotopic (exact) mass is 474 g/mol. The van der Waals surface area contributed by atoms with E-state index in [1.54, 1.807) is 12.4 Å². The van der Waals surface area contributed by atoms with Crippen LogP contribution in [0.1, 0.15) is 66.6 Å². The largest absolute Gasteiger partial charge is 0.346 e. The van der Waals surface area contributed by atoms with Gasteiger partial charge in [0.25, 0.3) is 5.91 Å². The van der Waals surface area contributed by atoms with Crippen LogP contribution in [0.4, 0.5) is 0 Å². The van der Waals surface area contributed by atoms with Crippen molar-refractivity contribution < 1.29 is 4.79 Å². The van der Waals surface area contributed by atoms with Crippen molar-refractivity contribution in [2.45, 2.75) is 54.0 Å². The van der Waals surface area contributed by atoms with Crippen LogP contribution >= 0.6 is 11.5 Å². The summed E-state index contributed by atoms with van der Waals surface area (Å²) in [5, 5.41) is 7.24. The Balaban J connectivity index is 0.00000158. The molecule has 0 aliphatic rings. The molecule has 176 valence electrons. The molecule has 0 aliphatic carbocycles. The van der Waals surface area contributed by atoms with Crippen LogP contribution in [0.3, 0.4) is 0 Å². The van der Waals surface area contributed by atoms with Gasteiger partial charge in [-0.25, -0.2) is 0 Å². The van der Waals surface area contributed by atoms with Crippen molar-refractivity contribution in [1.82, 2.24) is 29.9 Å². The summed E-state index contributed by atoms with van der Waals surface area (Å²) < 4.78 is 4.15. The maximum absolute atomic E-state index is 13.1. The van der Waals surface area contributed by atoms with E-state index in [9.17, 15) is 4.79 Å². The number of nitrogens with one attached hydrogen (secondary N) is 1. The third-order valence-electron chi connectivity index (χ3n) is 4.99. The molecule has 1 aromatic carbocycles. The smallest absolute Gasteiger partial charge is 0.251 e. The van der Waals surface area contributed by atoms with Gasteiger partial charge in [-0.1, -0.05) is 38.2 Å². The Morgan fingerprint density at radius 1 is 0.971 bits per heavy atom. The molecule has 7 nitrogen and oxygen atoms in total. The second-order valence-electron chi connectivity index (χ2n) is 7.99. The number of pyridine rings is 1. The molecule has 3 aromatic heterocycles. The highest BCUT2D eigenvalue weighted by Gasteiger charge is 2.18. The van der Waals surface area contributed by atoms with Crippen LogP contribution < -0.4 is 5.32 Å². The molecule has 0 bridgehead atoms. The minimum Gasteiger partial charge on any atom is -0.346 e. The molecule has 1 amide bonds. The van der Waals surface area contributed by atoms with E-state index in [0.29, 0.717) is 17.8 Å². The first-order valence-corrected chi connectivity index (χ1v) is 12.1. The Hall–Kier alpha value is -3.52. The van der Waals surface area contributed by atoms with Gasteiger partial charge in [-0.3, -0.25) is 19.7 Å². The number of carbonyl (C=O) groups excluding carboxylic acids is 1. The van der Waals surface area contributed by atoms with Gasteiger partial charge in [-0.2, -0.15) is 0 Å². The maximum Gasteiger partial charge on any atom is 0.251 e. The molecule has 0 unspecified atom stereocenters. The molecule has 0 aliphatic heterocycles. The van der Waals surface area contributed by atoms with Crippen molar-refractivity contribution in [2.24, 2.45) is 0 Å². The summed E-state index contributed by atoms with van der Waals surface area (Å²) in [6, 6.07) is 9.77. The highest BCUT2D eigenvalue weighted by Crippen LogP contribution is 2.34. The topological polar surface area (TPSA) is 93.6 Å². The fourth-order valence-corrected chi connectivity index (χ4v) is 4.04. The Labute approximate surface area is 204 Å². The molecule has 0 spiro atoms. The molecule has 0 saturated heterocycles. The summed E-state index contributed by atoms with van der Waals surface area (Å²) >= 11 is 1.34. The van der Waals surface area contributed by atoms with Crippen molar-refractivity contribution in [3.05, 3.63) is 77.1 Å². The normalized spacial score (nSPS) is 10.6. The number of aryl methyl sites for hydroxylation is 2. The minimum atomic E-state index is -0.189. The van der Waals surface area contributed by atoms with E-state index >= 15 is 0 Å². The van der Waals surface area contributed by atoms with Crippen LogP contribution in [0.2, 0.25) is 0 Å². The van der Waals surface area contributed by atoms with Gasteiger partial charge in [0.15, 0.2) is 0 Å². The number of rotatable bonds is 6. The lowest BCUT2D eigenvalue weighted by Crippen LogP contribution is -2.23. The van der Waals surface area contributed by atoms with Crippen molar-refractivity contribution in [1.29, 1.82) is 0 Å². The van der Waals surface area contributed by atoms with E-state index in [1.165, 1.54) is 11.5 Å². The maximum atomic E-state index is 13.1. The highest BCUT2D eigenvalue weighted by molar-refractivity contribution is 7.09. The summed E-state index contributed by atoms with van der Waals surface area (Å²) in [5.74, 6) is 0.0356. The fourth-order valence-electron chi connectivity index (χ4n) is 3.24. The van der Waals surface area contributed by atoms with Crippen LogP contribution in [0.15, 0.2) is 48.9 Å². The number of aromatic nitrogens is 5. The van der Waals surface area contributed by atoms with Gasteiger partial charge in [0.1, 0.15) is 0 Å². The summed E-state index contributed by atoms with van der Waals surface area (Å²) in [4.78, 5) is 27.1. The van der Waals surface area contributed by atoms with Crippen molar-refractivity contribution >= 4 is 17.4 Å². The van der Waals surface area contributed by atoms with Gasteiger partial charge in [0, 0.05) is 23.5 Å². The molecule has 4 aromatic rings. The third-order valence-corrected chi connectivity index (χ3v) is 5.78. The Bertz CT molecular complexity index is 1230. The van der Waals surface area contributed by atoms with E-state index in [4.69, 9.17) is 0 Å². The number of carbonyl (C=O) groups is 1. The number of amides is 1. The van der Waals surface area contributed by atoms with Crippen LogP contribution in [0, 0.1) is 13.8 Å². The van der Waals surface area contributed by atoms with Crippen LogP contribution in [0.25, 0.3) is 21.7 Å². The number of nitrogens with zero attached hydrogens (tertiary/aromatic N) is 5. The van der Waals surface area contributed by atoms with Crippen molar-refractivity contribution in [3.63, 3.8) is 0 Å². The van der Waals surface area contributed by atoms with Gasteiger partial charge in [-0.15, -0.1) is 5.10 Å². The first kappa shape index (κ1) is 25.1. The molecule has 0 atom stereocenters. The van der Waals surface area contributed by atoms with Crippen LogP contribution in [-0.4, -0.2) is 30.4 Å². The van der Waals surface area contributed by atoms with E-state index in [0.717, 1.165) is 38.6 Å². The summed E-state index contributed by atoms with van der Waals surface area (Å²) in [6.07, 6.45) is 5.19. The van der Waals surface area contributed by atoms with Crippen LogP contribution in [0.5, 0.6) is 0 Å². The van der Waals surface area contributed by atoms with Gasteiger partial charge in [0.2, 0.25) is 0 Å². The highest BCUT2D eigenvalue weighted by atomic mass is 32.1. The van der Waals surface area contributed by atoms with Gasteiger partial charge >= 0.3 is 0 Å². The SMILES string of the molecule is CC.Cc1ccc(-c2cc(C(=O)NCc3cnc(C)cn3)cc(-c3snnc3C(C)C)c2)nc1. The Morgan fingerprint density at radius 3 is 2.38 bits per heavy atom. The lowest BCUT2D eigenvalue weighted by atomic mass is 9.98. The lowest BCUT2D eigenvalue weighted by molar-refractivity contribution is 0.0950. The zero-order valence-corrected chi connectivity index (χ0v) is 21.3. The summed E-state index contributed by atoms with van der Waals surface area (Å²) in [6.45, 7) is 12.3. The van der Waals surface area contributed by atoms with Crippen molar-refractivity contribution in [2.75, 3.05) is 0 Å². The molecule has 1 N–H and O–H groups in total. The van der Waals surface area contributed by atoms with Crippen LogP contribution in [-0.2, 0) is 6.54 Å². The van der Waals surface area contributed by atoms with Crippen molar-refractivity contribution in [3.8, 4) is 21.7 Å². The van der Waals surface area contributed by atoms with Gasteiger partial charge < -0.3 is 5.32 Å². The average molecular weight is 475 g/mol. The number of benzene rings is 1. The molecule has 8 heteroatoms. The number of hydrogen-bond acceptors (Lipinski definition) is 7. The quantitative estimate of drug-likeness (QED) is 0.382. The minimum absolute atomic E-state index is 0.189. The summed E-state index contributed by atoms with van der Waals surface area (Å²) in [5.41, 5.74) is 6.66. The average Bonchev–Trinajstić information content (AvgIpc) is 3.35. The molecule has 34 heavy (non-hydrogen) atoms. The number of hydrogen-bond donors (Lipinski definition) is 1. The predicted molar refractivity (Wildman–Crippen MR) is 137 cm³/mol. The predicted octanol–water partition coefficient (Wildman–Crippen LogP) is 5.75. The summed E-state index contributed by atoms with van der Waals surface area (Å²) in [7, 11) is 0. The van der Waals surface area contributed by atoms with E-state index < -0.39 is 0 Å². The lowest BCUT2D eigenvalue weighted by Gasteiger charge is -2.11. The molecule has 0 radical (unpaired) electrons. The molecule has 3 heterocycles. The second-order valence-corrected chi connectivity index (χ2v) is 8.75. The third kappa shape index (κ3) is 6.08. The fraction of sp³-hybridized carbons (Fsp3) is 0.308. The zero-order chi connectivity index (χ0) is 24.7.